The van der Waals surface area contributed by atoms with E-state index in [0.717, 1.165) is 12.2 Å². The summed E-state index contributed by atoms with van der Waals surface area (Å²) in [6, 6.07) is 0. The molecule has 1 saturated heterocycles. The van der Waals surface area contributed by atoms with Crippen molar-refractivity contribution < 1.29 is 0 Å². The first kappa shape index (κ1) is 11.0. The lowest BCUT2D eigenvalue weighted by Crippen LogP contribution is -2.27. The van der Waals surface area contributed by atoms with E-state index < -0.39 is 0 Å². The molecule has 1 aromatic rings. The maximum absolute atomic E-state index is 5.52. The molecular formula is C11H19N3S. The molecule has 1 aliphatic rings. The minimum absolute atomic E-state index is 0.311. The molecule has 3 N–H and O–H groups in total. The Bertz CT molecular complexity index is 315. The molecular weight excluding hydrogens is 206 g/mol. The first-order chi connectivity index (χ1) is 7.24. The summed E-state index contributed by atoms with van der Waals surface area (Å²) in [4.78, 5) is 7.81. The van der Waals surface area contributed by atoms with Crippen LogP contribution < -0.4 is 5.73 Å². The van der Waals surface area contributed by atoms with Gasteiger partial charge in [-0.3, -0.25) is 0 Å². The lowest BCUT2D eigenvalue weighted by Gasteiger charge is -2.32. The molecule has 1 fully saturated rings. The molecule has 0 spiro atoms. The Morgan fingerprint density at radius 3 is 2.93 bits per heavy atom. The van der Waals surface area contributed by atoms with Crippen LogP contribution in [0.4, 0.5) is 0 Å². The van der Waals surface area contributed by atoms with E-state index in [1.807, 2.05) is 6.20 Å². The molecule has 0 aliphatic carbocycles. The van der Waals surface area contributed by atoms with Crippen molar-refractivity contribution in [1.82, 2.24) is 9.97 Å². The Kier molecular flexibility index (Phi) is 3.36. The van der Waals surface area contributed by atoms with Gasteiger partial charge in [0.15, 0.2) is 0 Å². The van der Waals surface area contributed by atoms with Gasteiger partial charge >= 0.3 is 0 Å². The summed E-state index contributed by atoms with van der Waals surface area (Å²) in [5.41, 5.74) is 7.13. The lowest BCUT2D eigenvalue weighted by atomic mass is 9.81. The number of nitrogens with one attached hydrogen (secondary N) is 1. The van der Waals surface area contributed by atoms with Crippen molar-refractivity contribution in [2.24, 2.45) is 5.73 Å². The summed E-state index contributed by atoms with van der Waals surface area (Å²) in [5, 5.41) is 0. The fourth-order valence-corrected chi connectivity index (χ4v) is 3.42. The van der Waals surface area contributed by atoms with Gasteiger partial charge in [-0.2, -0.15) is 11.8 Å². The smallest absolute Gasteiger partial charge is 0.107 e. The van der Waals surface area contributed by atoms with E-state index in [9.17, 15) is 0 Å². The van der Waals surface area contributed by atoms with Crippen LogP contribution in [0.15, 0.2) is 6.20 Å². The topological polar surface area (TPSA) is 54.7 Å². The number of aromatic amines is 1. The van der Waals surface area contributed by atoms with E-state index in [0.29, 0.717) is 12.0 Å². The molecule has 15 heavy (non-hydrogen) atoms. The third-order valence-electron chi connectivity index (χ3n) is 3.26. The van der Waals surface area contributed by atoms with Crippen LogP contribution in [0.25, 0.3) is 0 Å². The van der Waals surface area contributed by atoms with Crippen LogP contribution in [0.2, 0.25) is 0 Å². The molecule has 0 unspecified atom stereocenters. The van der Waals surface area contributed by atoms with E-state index in [1.54, 1.807) is 0 Å². The van der Waals surface area contributed by atoms with E-state index in [-0.39, 0.29) is 0 Å². The summed E-state index contributed by atoms with van der Waals surface area (Å²) in [5.74, 6) is 3.57. The molecule has 1 aliphatic heterocycles. The van der Waals surface area contributed by atoms with Crippen LogP contribution in [0.1, 0.15) is 31.3 Å². The van der Waals surface area contributed by atoms with Crippen molar-refractivity contribution in [3.8, 4) is 0 Å². The van der Waals surface area contributed by atoms with E-state index in [1.165, 1.54) is 30.0 Å². The highest BCUT2D eigenvalue weighted by atomic mass is 32.2. The number of hydrogen-bond acceptors (Lipinski definition) is 3. The Hall–Kier alpha value is -0.480. The van der Waals surface area contributed by atoms with E-state index in [2.05, 4.69) is 28.7 Å². The zero-order valence-corrected chi connectivity index (χ0v) is 10.1. The fourth-order valence-electron chi connectivity index (χ4n) is 2.02. The third kappa shape index (κ3) is 2.37. The predicted octanol–water partition coefficient (Wildman–Crippen LogP) is 1.70. The Morgan fingerprint density at radius 1 is 1.53 bits per heavy atom. The molecule has 0 bridgehead atoms. The summed E-state index contributed by atoms with van der Waals surface area (Å²) in [7, 11) is 0. The quantitative estimate of drug-likeness (QED) is 0.823. The van der Waals surface area contributed by atoms with Crippen molar-refractivity contribution in [2.75, 3.05) is 18.1 Å². The normalized spacial score (nSPS) is 20.4. The van der Waals surface area contributed by atoms with Crippen LogP contribution in [0.3, 0.4) is 0 Å². The first-order valence-corrected chi connectivity index (χ1v) is 6.72. The second-order valence-electron chi connectivity index (χ2n) is 4.46. The second-order valence-corrected chi connectivity index (χ2v) is 5.68. The highest BCUT2D eigenvalue weighted by molar-refractivity contribution is 7.99. The minimum atomic E-state index is 0.311. The highest BCUT2D eigenvalue weighted by Crippen LogP contribution is 2.36. The third-order valence-corrected chi connectivity index (χ3v) is 4.24. The maximum atomic E-state index is 5.52. The number of H-pyrrole nitrogens is 1. The first-order valence-electron chi connectivity index (χ1n) is 5.57. The SMILES string of the molecule is CC1(c2cnc(CCN)[nH]2)CCSCC1. The van der Waals surface area contributed by atoms with Crippen molar-refractivity contribution in [2.45, 2.75) is 31.6 Å². The number of nitrogens with two attached hydrogens (primary N) is 1. The largest absolute Gasteiger partial charge is 0.345 e. The summed E-state index contributed by atoms with van der Waals surface area (Å²) in [6.07, 6.45) is 5.36. The monoisotopic (exact) mass is 225 g/mol. The van der Waals surface area contributed by atoms with Gasteiger partial charge in [-0.15, -0.1) is 0 Å². The van der Waals surface area contributed by atoms with Crippen molar-refractivity contribution in [1.29, 1.82) is 0 Å². The number of imidazole rings is 1. The molecule has 0 atom stereocenters. The number of aromatic nitrogens is 2. The Balaban J connectivity index is 2.12. The van der Waals surface area contributed by atoms with Gasteiger partial charge in [0.2, 0.25) is 0 Å². The van der Waals surface area contributed by atoms with Crippen LogP contribution in [-0.2, 0) is 11.8 Å². The average Bonchev–Trinajstić information content (AvgIpc) is 2.69. The van der Waals surface area contributed by atoms with Crippen molar-refractivity contribution >= 4 is 11.8 Å². The Labute approximate surface area is 95.2 Å². The molecule has 2 heterocycles. The van der Waals surface area contributed by atoms with Crippen LogP contribution >= 0.6 is 11.8 Å². The number of rotatable bonds is 3. The standard InChI is InChI=1S/C11H19N3S/c1-11(3-6-15-7-4-11)9-8-13-10(14-9)2-5-12/h8H,2-7,12H2,1H3,(H,13,14). The van der Waals surface area contributed by atoms with Gasteiger partial charge < -0.3 is 10.7 Å². The van der Waals surface area contributed by atoms with Gasteiger partial charge in [0.05, 0.1) is 0 Å². The van der Waals surface area contributed by atoms with Crippen LogP contribution in [0, 0.1) is 0 Å². The van der Waals surface area contributed by atoms with Crippen LogP contribution in [0.5, 0.6) is 0 Å². The molecule has 84 valence electrons. The van der Waals surface area contributed by atoms with E-state index >= 15 is 0 Å². The summed E-state index contributed by atoms with van der Waals surface area (Å²) in [6.45, 7) is 3.01. The zero-order valence-electron chi connectivity index (χ0n) is 9.25. The van der Waals surface area contributed by atoms with Crippen LogP contribution in [-0.4, -0.2) is 28.0 Å². The number of nitrogens with zero attached hydrogens (tertiary/aromatic N) is 1. The average molecular weight is 225 g/mol. The van der Waals surface area contributed by atoms with Gasteiger partial charge in [0.1, 0.15) is 5.82 Å². The van der Waals surface area contributed by atoms with Gasteiger partial charge in [-0.25, -0.2) is 4.98 Å². The molecule has 2 rings (SSSR count). The lowest BCUT2D eigenvalue weighted by molar-refractivity contribution is 0.425. The molecule has 0 radical (unpaired) electrons. The van der Waals surface area contributed by atoms with Crippen molar-refractivity contribution in [3.05, 3.63) is 17.7 Å². The van der Waals surface area contributed by atoms with Gasteiger partial charge in [0, 0.05) is 23.7 Å². The number of hydrogen-bond donors (Lipinski definition) is 2. The maximum Gasteiger partial charge on any atom is 0.107 e. The van der Waals surface area contributed by atoms with Crippen molar-refractivity contribution in [3.63, 3.8) is 0 Å². The van der Waals surface area contributed by atoms with Gasteiger partial charge in [-0.05, 0) is 30.9 Å². The molecule has 3 nitrogen and oxygen atoms in total. The molecule has 1 aromatic heterocycles. The molecule has 4 heteroatoms. The number of thioether (sulfide) groups is 1. The predicted molar refractivity (Wildman–Crippen MR) is 65.3 cm³/mol. The van der Waals surface area contributed by atoms with Gasteiger partial charge in [-0.1, -0.05) is 6.92 Å². The summed E-state index contributed by atoms with van der Waals surface area (Å²) < 4.78 is 0. The fraction of sp³-hybridized carbons (Fsp3) is 0.727. The zero-order chi connectivity index (χ0) is 10.7. The summed E-state index contributed by atoms with van der Waals surface area (Å²) >= 11 is 2.05. The second kappa shape index (κ2) is 4.58. The molecule has 0 amide bonds. The highest BCUT2D eigenvalue weighted by Gasteiger charge is 2.30. The molecule has 0 aromatic carbocycles. The molecule has 0 saturated carbocycles. The minimum Gasteiger partial charge on any atom is -0.345 e. The van der Waals surface area contributed by atoms with Gasteiger partial charge in [0.25, 0.3) is 0 Å². The Morgan fingerprint density at radius 2 is 2.27 bits per heavy atom. The van der Waals surface area contributed by atoms with E-state index in [4.69, 9.17) is 5.73 Å².